The van der Waals surface area contributed by atoms with E-state index in [2.05, 4.69) is 17.6 Å². The van der Waals surface area contributed by atoms with Crippen molar-refractivity contribution in [3.05, 3.63) is 0 Å². The number of esters is 1. The average Bonchev–Trinajstić information content (AvgIpc) is 2.98. The molecular weight excluding hydrogens is 393 g/mol. The molecule has 1 saturated carbocycles. The molecule has 0 heterocycles. The summed E-state index contributed by atoms with van der Waals surface area (Å²) in [4.78, 5) is 16.2. The first-order valence-corrected chi connectivity index (χ1v) is 8.17. The number of hydrogen-bond acceptors (Lipinski definition) is 3. The number of guanidine groups is 1. The Bertz CT molecular complexity index is 355. The summed E-state index contributed by atoms with van der Waals surface area (Å²) in [5, 5.41) is 6.49. The number of ether oxygens (including phenoxy) is 1. The van der Waals surface area contributed by atoms with E-state index in [0.29, 0.717) is 12.0 Å². The Balaban J connectivity index is 0.00000441. The third kappa shape index (κ3) is 6.71. The molecule has 130 valence electrons. The van der Waals surface area contributed by atoms with E-state index < -0.39 is 0 Å². The van der Waals surface area contributed by atoms with E-state index in [4.69, 9.17) is 9.73 Å². The van der Waals surface area contributed by atoms with Crippen LogP contribution in [0.1, 0.15) is 52.9 Å². The number of nitrogens with zero attached hydrogens (tertiary/aromatic N) is 1. The van der Waals surface area contributed by atoms with Crippen molar-refractivity contribution >= 4 is 35.9 Å². The first-order valence-electron chi connectivity index (χ1n) is 8.17. The molecule has 1 rings (SSSR count). The van der Waals surface area contributed by atoms with Gasteiger partial charge in [0.25, 0.3) is 0 Å². The monoisotopic (exact) mass is 425 g/mol. The van der Waals surface area contributed by atoms with E-state index in [1.807, 2.05) is 13.8 Å². The minimum atomic E-state index is -0.195. The molecule has 1 aliphatic rings. The largest absolute Gasteiger partial charge is 0.469 e. The summed E-state index contributed by atoms with van der Waals surface area (Å²) in [6, 6.07) is 0. The van der Waals surface area contributed by atoms with Crippen molar-refractivity contribution in [2.75, 3.05) is 26.7 Å². The van der Waals surface area contributed by atoms with Crippen LogP contribution in [-0.4, -0.2) is 38.7 Å². The van der Waals surface area contributed by atoms with Gasteiger partial charge in [-0.15, -0.1) is 24.0 Å². The number of hydrogen-bond donors (Lipinski definition) is 2. The molecule has 6 heteroatoms. The number of carbonyl (C=O) groups excluding carboxylic acids is 1. The van der Waals surface area contributed by atoms with Gasteiger partial charge in [0.15, 0.2) is 5.96 Å². The molecular formula is C16H32IN3O2. The molecule has 1 unspecified atom stereocenters. The molecule has 0 aromatic heterocycles. The van der Waals surface area contributed by atoms with Crippen LogP contribution in [0.25, 0.3) is 0 Å². The molecule has 0 radical (unpaired) electrons. The molecule has 1 fully saturated rings. The Morgan fingerprint density at radius 1 is 1.27 bits per heavy atom. The zero-order valence-electron chi connectivity index (χ0n) is 14.4. The maximum absolute atomic E-state index is 11.4. The number of aliphatic imine (C=N–C) groups is 1. The highest BCUT2D eigenvalue weighted by Gasteiger charge is 2.31. The van der Waals surface area contributed by atoms with Crippen LogP contribution in [0, 0.1) is 11.3 Å². The second-order valence-corrected chi connectivity index (χ2v) is 6.06. The summed E-state index contributed by atoms with van der Waals surface area (Å²) >= 11 is 0. The standard InChI is InChI=1S/C16H31N3O2.HI/c1-5-16(9-7-8-10-16)12-19-15(17-6-2)18-11-13(3)14(20)21-4;/h13H,5-12H2,1-4H3,(H2,17,18,19);1H. The van der Waals surface area contributed by atoms with Gasteiger partial charge in [0.1, 0.15) is 0 Å². The summed E-state index contributed by atoms with van der Waals surface area (Å²) in [6.45, 7) is 8.39. The minimum Gasteiger partial charge on any atom is -0.469 e. The zero-order valence-corrected chi connectivity index (χ0v) is 16.7. The lowest BCUT2D eigenvalue weighted by Crippen LogP contribution is -2.41. The van der Waals surface area contributed by atoms with E-state index in [9.17, 15) is 4.79 Å². The van der Waals surface area contributed by atoms with Gasteiger partial charge in [-0.05, 0) is 31.6 Å². The SMILES string of the molecule is CCNC(=NCC1(CC)CCCC1)NCC(C)C(=O)OC.I. The summed E-state index contributed by atoms with van der Waals surface area (Å²) in [5.41, 5.74) is 0.385. The maximum Gasteiger partial charge on any atom is 0.310 e. The molecule has 0 amide bonds. The van der Waals surface area contributed by atoms with Gasteiger partial charge in [-0.3, -0.25) is 9.79 Å². The third-order valence-corrected chi connectivity index (χ3v) is 4.51. The number of nitrogens with one attached hydrogen (secondary N) is 2. The van der Waals surface area contributed by atoms with Gasteiger partial charge >= 0.3 is 5.97 Å². The van der Waals surface area contributed by atoms with Crippen LogP contribution in [0.3, 0.4) is 0 Å². The molecule has 1 aliphatic carbocycles. The number of methoxy groups -OCH3 is 1. The second kappa shape index (κ2) is 11.1. The van der Waals surface area contributed by atoms with Gasteiger partial charge in [0.05, 0.1) is 13.0 Å². The normalized spacial score (nSPS) is 18.3. The van der Waals surface area contributed by atoms with E-state index in [-0.39, 0.29) is 35.9 Å². The van der Waals surface area contributed by atoms with Crippen molar-refractivity contribution in [1.29, 1.82) is 0 Å². The first-order chi connectivity index (χ1) is 10.1. The van der Waals surface area contributed by atoms with Crippen LogP contribution >= 0.6 is 24.0 Å². The Morgan fingerprint density at radius 2 is 1.91 bits per heavy atom. The summed E-state index contributed by atoms with van der Waals surface area (Å²) in [5.74, 6) is 0.428. The van der Waals surface area contributed by atoms with Gasteiger partial charge in [0, 0.05) is 19.6 Å². The quantitative estimate of drug-likeness (QED) is 0.285. The second-order valence-electron chi connectivity index (χ2n) is 6.06. The molecule has 5 nitrogen and oxygen atoms in total. The van der Waals surface area contributed by atoms with Crippen molar-refractivity contribution < 1.29 is 9.53 Å². The average molecular weight is 425 g/mol. The van der Waals surface area contributed by atoms with E-state index in [1.165, 1.54) is 39.2 Å². The highest BCUT2D eigenvalue weighted by atomic mass is 127. The molecule has 2 N–H and O–H groups in total. The van der Waals surface area contributed by atoms with Crippen LogP contribution in [0.5, 0.6) is 0 Å². The van der Waals surface area contributed by atoms with Gasteiger partial charge in [0.2, 0.25) is 0 Å². The smallest absolute Gasteiger partial charge is 0.310 e. The van der Waals surface area contributed by atoms with Crippen molar-refractivity contribution in [1.82, 2.24) is 10.6 Å². The molecule has 0 aliphatic heterocycles. The first kappa shape index (κ1) is 21.5. The predicted octanol–water partition coefficient (Wildman–Crippen LogP) is 2.94. The van der Waals surface area contributed by atoms with Crippen LogP contribution in [0.2, 0.25) is 0 Å². The fourth-order valence-corrected chi connectivity index (χ4v) is 2.87. The molecule has 0 bridgehead atoms. The lowest BCUT2D eigenvalue weighted by Gasteiger charge is -2.25. The Labute approximate surface area is 152 Å². The number of halogens is 1. The van der Waals surface area contributed by atoms with Crippen molar-refractivity contribution in [2.24, 2.45) is 16.3 Å². The molecule has 0 aromatic carbocycles. The van der Waals surface area contributed by atoms with Gasteiger partial charge in [-0.25, -0.2) is 0 Å². The van der Waals surface area contributed by atoms with Crippen LogP contribution in [-0.2, 0) is 9.53 Å². The zero-order chi connectivity index (χ0) is 15.7. The minimum absolute atomic E-state index is 0. The Hall–Kier alpha value is -0.530. The van der Waals surface area contributed by atoms with E-state index in [1.54, 1.807) is 0 Å². The highest BCUT2D eigenvalue weighted by Crippen LogP contribution is 2.41. The van der Waals surface area contributed by atoms with Gasteiger partial charge in [-0.2, -0.15) is 0 Å². The van der Waals surface area contributed by atoms with Crippen LogP contribution in [0.4, 0.5) is 0 Å². The molecule has 0 aromatic rings. The molecule has 0 saturated heterocycles. The fraction of sp³-hybridized carbons (Fsp3) is 0.875. The van der Waals surface area contributed by atoms with Gasteiger partial charge < -0.3 is 15.4 Å². The highest BCUT2D eigenvalue weighted by molar-refractivity contribution is 14.0. The lowest BCUT2D eigenvalue weighted by atomic mass is 9.84. The van der Waals surface area contributed by atoms with Crippen molar-refractivity contribution in [2.45, 2.75) is 52.9 Å². The van der Waals surface area contributed by atoms with Gasteiger partial charge in [-0.1, -0.05) is 26.7 Å². The summed E-state index contributed by atoms with van der Waals surface area (Å²) in [6.07, 6.45) is 6.41. The number of carbonyl (C=O) groups is 1. The lowest BCUT2D eigenvalue weighted by molar-refractivity contribution is -0.144. The predicted molar refractivity (Wildman–Crippen MR) is 102 cm³/mol. The fourth-order valence-electron chi connectivity index (χ4n) is 2.87. The molecule has 0 spiro atoms. The van der Waals surface area contributed by atoms with E-state index in [0.717, 1.165) is 19.0 Å². The Morgan fingerprint density at radius 3 is 2.41 bits per heavy atom. The summed E-state index contributed by atoms with van der Waals surface area (Å²) in [7, 11) is 1.42. The Kier molecular flexibility index (Phi) is 10.8. The van der Waals surface area contributed by atoms with Crippen molar-refractivity contribution in [3.8, 4) is 0 Å². The van der Waals surface area contributed by atoms with Crippen LogP contribution in [0.15, 0.2) is 4.99 Å². The molecule has 1 atom stereocenters. The maximum atomic E-state index is 11.4. The summed E-state index contributed by atoms with van der Waals surface area (Å²) < 4.78 is 4.74. The number of rotatable bonds is 7. The van der Waals surface area contributed by atoms with E-state index >= 15 is 0 Å². The third-order valence-electron chi connectivity index (χ3n) is 4.51. The molecule has 22 heavy (non-hydrogen) atoms. The van der Waals surface area contributed by atoms with Crippen molar-refractivity contribution in [3.63, 3.8) is 0 Å². The van der Waals surface area contributed by atoms with Crippen LogP contribution < -0.4 is 10.6 Å². The topological polar surface area (TPSA) is 62.7 Å².